The van der Waals surface area contributed by atoms with Crippen LogP contribution in [0.15, 0.2) is 6.07 Å². The average Bonchev–Trinajstić information content (AvgIpc) is 2.86. The molecule has 22 heavy (non-hydrogen) atoms. The maximum Gasteiger partial charge on any atom is 0.271 e. The highest BCUT2D eigenvalue weighted by Gasteiger charge is 2.22. The Balaban J connectivity index is 1.97. The van der Waals surface area contributed by atoms with E-state index in [1.165, 1.54) is 6.42 Å². The lowest BCUT2D eigenvalue weighted by molar-refractivity contribution is -0.120. The van der Waals surface area contributed by atoms with Gasteiger partial charge in [-0.1, -0.05) is 33.1 Å². The van der Waals surface area contributed by atoms with Crippen LogP contribution in [0, 0.1) is 11.8 Å². The van der Waals surface area contributed by atoms with Crippen molar-refractivity contribution in [1.82, 2.24) is 15.1 Å². The van der Waals surface area contributed by atoms with Crippen molar-refractivity contribution in [2.75, 3.05) is 11.9 Å². The van der Waals surface area contributed by atoms with Crippen LogP contribution in [0.5, 0.6) is 0 Å². The van der Waals surface area contributed by atoms with Crippen molar-refractivity contribution in [1.29, 1.82) is 0 Å². The lowest BCUT2D eigenvalue weighted by atomic mass is 9.89. The number of nitrogens with one attached hydrogen (secondary N) is 2. The van der Waals surface area contributed by atoms with Crippen LogP contribution >= 0.6 is 0 Å². The first-order valence-electron chi connectivity index (χ1n) is 8.10. The molecule has 1 aromatic rings. The highest BCUT2D eigenvalue weighted by molar-refractivity contribution is 5.96. The van der Waals surface area contributed by atoms with Crippen LogP contribution in [0.1, 0.15) is 56.4 Å². The Kier molecular flexibility index (Phi) is 5.57. The molecule has 2 rings (SSSR count). The van der Waals surface area contributed by atoms with Gasteiger partial charge in [-0.15, -0.1) is 0 Å². The van der Waals surface area contributed by atoms with Gasteiger partial charge < -0.3 is 10.6 Å². The molecule has 1 saturated carbocycles. The largest absolute Gasteiger partial charge is 0.350 e. The van der Waals surface area contributed by atoms with Crippen molar-refractivity contribution in [3.63, 3.8) is 0 Å². The molecule has 0 aliphatic heterocycles. The number of carbonyl (C=O) groups is 2. The molecule has 122 valence electrons. The highest BCUT2D eigenvalue weighted by Crippen LogP contribution is 2.25. The average molecular weight is 306 g/mol. The molecule has 6 heteroatoms. The Bertz CT molecular complexity index is 530. The summed E-state index contributed by atoms with van der Waals surface area (Å²) in [6, 6.07) is 1.64. The van der Waals surface area contributed by atoms with E-state index >= 15 is 0 Å². The SMILES string of the molecule is CC(C)CNC(=O)c1cc(NC(=O)C2CCCCC2)n(C)n1. The van der Waals surface area contributed by atoms with Crippen LogP contribution in [-0.2, 0) is 11.8 Å². The second-order valence-electron chi connectivity index (χ2n) is 6.47. The van der Waals surface area contributed by atoms with Crippen molar-refractivity contribution in [2.24, 2.45) is 18.9 Å². The topological polar surface area (TPSA) is 76.0 Å². The van der Waals surface area contributed by atoms with Crippen molar-refractivity contribution < 1.29 is 9.59 Å². The van der Waals surface area contributed by atoms with Gasteiger partial charge in [0.05, 0.1) is 0 Å². The van der Waals surface area contributed by atoms with Crippen molar-refractivity contribution in [3.8, 4) is 0 Å². The summed E-state index contributed by atoms with van der Waals surface area (Å²) in [5.74, 6) is 0.879. The monoisotopic (exact) mass is 306 g/mol. The van der Waals surface area contributed by atoms with E-state index < -0.39 is 0 Å². The molecule has 1 heterocycles. The number of hydrogen-bond donors (Lipinski definition) is 2. The van der Waals surface area contributed by atoms with E-state index in [-0.39, 0.29) is 17.7 Å². The maximum absolute atomic E-state index is 12.3. The van der Waals surface area contributed by atoms with Crippen LogP contribution in [0.3, 0.4) is 0 Å². The fraction of sp³-hybridized carbons (Fsp3) is 0.688. The molecule has 0 atom stereocenters. The van der Waals surface area contributed by atoms with Crippen molar-refractivity contribution >= 4 is 17.6 Å². The minimum atomic E-state index is -0.206. The fourth-order valence-corrected chi connectivity index (χ4v) is 2.68. The summed E-state index contributed by atoms with van der Waals surface area (Å²) in [7, 11) is 1.73. The predicted molar refractivity (Wildman–Crippen MR) is 85.6 cm³/mol. The standard InChI is InChI=1S/C16H26N4O2/c1-11(2)10-17-16(22)13-9-14(20(3)19-13)18-15(21)12-7-5-4-6-8-12/h9,11-12H,4-8,10H2,1-3H3,(H,17,22)(H,18,21). The Morgan fingerprint density at radius 2 is 2.00 bits per heavy atom. The smallest absolute Gasteiger partial charge is 0.271 e. The number of rotatable bonds is 5. The van der Waals surface area contributed by atoms with E-state index in [2.05, 4.69) is 15.7 Å². The molecular weight excluding hydrogens is 280 g/mol. The third-order valence-corrected chi connectivity index (χ3v) is 4.01. The zero-order valence-corrected chi connectivity index (χ0v) is 13.7. The molecule has 0 unspecified atom stereocenters. The molecule has 0 bridgehead atoms. The van der Waals surface area contributed by atoms with Gasteiger partial charge in [-0.05, 0) is 18.8 Å². The normalized spacial score (nSPS) is 15.8. The van der Waals surface area contributed by atoms with E-state index in [1.54, 1.807) is 17.8 Å². The number of amides is 2. The summed E-state index contributed by atoms with van der Waals surface area (Å²) in [6.45, 7) is 4.68. The highest BCUT2D eigenvalue weighted by atomic mass is 16.2. The van der Waals surface area contributed by atoms with Crippen molar-refractivity contribution in [2.45, 2.75) is 46.0 Å². The maximum atomic E-state index is 12.3. The first kappa shape index (κ1) is 16.5. The molecular formula is C16H26N4O2. The lowest BCUT2D eigenvalue weighted by Gasteiger charge is -2.20. The van der Waals surface area contributed by atoms with E-state index in [1.807, 2.05) is 13.8 Å². The minimum Gasteiger partial charge on any atom is -0.350 e. The number of aromatic nitrogens is 2. The lowest BCUT2D eigenvalue weighted by Crippen LogP contribution is -2.27. The van der Waals surface area contributed by atoms with Crippen LogP contribution in [-0.4, -0.2) is 28.1 Å². The molecule has 2 N–H and O–H groups in total. The van der Waals surface area contributed by atoms with Gasteiger partial charge in [-0.2, -0.15) is 5.10 Å². The molecule has 0 aromatic carbocycles. The van der Waals surface area contributed by atoms with Gasteiger partial charge >= 0.3 is 0 Å². The Morgan fingerprint density at radius 1 is 1.32 bits per heavy atom. The number of carbonyl (C=O) groups excluding carboxylic acids is 2. The molecule has 2 amide bonds. The first-order valence-corrected chi connectivity index (χ1v) is 8.10. The van der Waals surface area contributed by atoms with Gasteiger partial charge in [0.2, 0.25) is 5.91 Å². The number of aryl methyl sites for hydroxylation is 1. The minimum absolute atomic E-state index is 0.0387. The summed E-state index contributed by atoms with van der Waals surface area (Å²) in [6.07, 6.45) is 5.35. The van der Waals surface area contributed by atoms with Crippen LogP contribution in [0.4, 0.5) is 5.82 Å². The van der Waals surface area contributed by atoms with Crippen LogP contribution < -0.4 is 10.6 Å². The fourth-order valence-electron chi connectivity index (χ4n) is 2.68. The third-order valence-electron chi connectivity index (χ3n) is 4.01. The molecule has 6 nitrogen and oxygen atoms in total. The van der Waals surface area contributed by atoms with Gasteiger partial charge in [-0.25, -0.2) is 0 Å². The zero-order chi connectivity index (χ0) is 16.1. The first-order chi connectivity index (χ1) is 10.5. The summed E-state index contributed by atoms with van der Waals surface area (Å²) in [4.78, 5) is 24.3. The number of nitrogens with zero attached hydrogens (tertiary/aromatic N) is 2. The van der Waals surface area contributed by atoms with Crippen LogP contribution in [0.2, 0.25) is 0 Å². The summed E-state index contributed by atoms with van der Waals surface area (Å²) < 4.78 is 1.55. The molecule has 1 aromatic heterocycles. The molecule has 0 saturated heterocycles. The number of hydrogen-bond acceptors (Lipinski definition) is 3. The van der Waals surface area contributed by atoms with Gasteiger partial charge in [0.1, 0.15) is 5.82 Å². The number of anilines is 1. The summed E-state index contributed by atoms with van der Waals surface area (Å²) in [5, 5.41) is 9.91. The van der Waals surface area contributed by atoms with E-state index in [4.69, 9.17) is 0 Å². The quantitative estimate of drug-likeness (QED) is 0.876. The van der Waals surface area contributed by atoms with E-state index in [0.717, 1.165) is 25.7 Å². The Morgan fingerprint density at radius 3 is 2.64 bits per heavy atom. The third kappa shape index (κ3) is 4.32. The molecule has 1 aliphatic carbocycles. The van der Waals surface area contributed by atoms with Crippen LogP contribution in [0.25, 0.3) is 0 Å². The van der Waals surface area contributed by atoms with E-state index in [9.17, 15) is 9.59 Å². The molecule has 0 radical (unpaired) electrons. The van der Waals surface area contributed by atoms with Gasteiger partial charge in [0.15, 0.2) is 5.69 Å². The van der Waals surface area contributed by atoms with Gasteiger partial charge in [0.25, 0.3) is 5.91 Å². The molecule has 1 fully saturated rings. The van der Waals surface area contributed by atoms with Crippen molar-refractivity contribution in [3.05, 3.63) is 11.8 Å². The summed E-state index contributed by atoms with van der Waals surface area (Å²) in [5.41, 5.74) is 0.335. The second-order valence-corrected chi connectivity index (χ2v) is 6.47. The molecule has 0 spiro atoms. The predicted octanol–water partition coefficient (Wildman–Crippen LogP) is 2.32. The second kappa shape index (κ2) is 7.42. The Labute approximate surface area is 131 Å². The van der Waals surface area contributed by atoms with Gasteiger partial charge in [0, 0.05) is 25.6 Å². The van der Waals surface area contributed by atoms with E-state index in [0.29, 0.717) is 24.0 Å². The summed E-state index contributed by atoms with van der Waals surface area (Å²) >= 11 is 0. The Hall–Kier alpha value is -1.85. The zero-order valence-electron chi connectivity index (χ0n) is 13.7. The van der Waals surface area contributed by atoms with Gasteiger partial charge in [-0.3, -0.25) is 14.3 Å². The molecule has 1 aliphatic rings.